The predicted octanol–water partition coefficient (Wildman–Crippen LogP) is 3.35. The van der Waals surface area contributed by atoms with Crippen LogP contribution in [0.15, 0.2) is 53.7 Å². The van der Waals surface area contributed by atoms with Crippen molar-refractivity contribution in [1.82, 2.24) is 0 Å². The van der Waals surface area contributed by atoms with Crippen LogP contribution in [0.3, 0.4) is 0 Å². The zero-order valence-corrected chi connectivity index (χ0v) is 12.4. The lowest BCUT2D eigenvalue weighted by Crippen LogP contribution is -2.10. The third-order valence-electron chi connectivity index (χ3n) is 2.83. The average molecular weight is 301 g/mol. The largest absolute Gasteiger partial charge is 0.490 e. The molecule has 0 radical (unpaired) electrons. The summed E-state index contributed by atoms with van der Waals surface area (Å²) in [6.45, 7) is 3.27. The SMILES string of the molecule is CCOc1cc(C=NO)ccc1OCCOc1ccccc1. The van der Waals surface area contributed by atoms with E-state index in [1.807, 2.05) is 37.3 Å². The van der Waals surface area contributed by atoms with Gasteiger partial charge in [0.15, 0.2) is 11.5 Å². The number of benzene rings is 2. The van der Waals surface area contributed by atoms with E-state index in [2.05, 4.69) is 5.16 Å². The molecule has 5 nitrogen and oxygen atoms in total. The number of ether oxygens (including phenoxy) is 3. The fourth-order valence-electron chi connectivity index (χ4n) is 1.89. The number of rotatable bonds is 8. The molecule has 0 saturated carbocycles. The van der Waals surface area contributed by atoms with Gasteiger partial charge in [0, 0.05) is 5.56 Å². The van der Waals surface area contributed by atoms with Crippen molar-refractivity contribution in [2.45, 2.75) is 6.92 Å². The predicted molar refractivity (Wildman–Crippen MR) is 84.4 cm³/mol. The summed E-state index contributed by atoms with van der Waals surface area (Å²) in [5.41, 5.74) is 0.735. The number of nitrogens with zero attached hydrogens (tertiary/aromatic N) is 1. The molecule has 0 heterocycles. The molecule has 116 valence electrons. The van der Waals surface area contributed by atoms with Gasteiger partial charge in [-0.15, -0.1) is 0 Å². The summed E-state index contributed by atoms with van der Waals surface area (Å²) in [7, 11) is 0. The van der Waals surface area contributed by atoms with Crippen LogP contribution >= 0.6 is 0 Å². The van der Waals surface area contributed by atoms with E-state index >= 15 is 0 Å². The van der Waals surface area contributed by atoms with E-state index in [0.717, 1.165) is 11.3 Å². The van der Waals surface area contributed by atoms with Crippen LogP contribution in [-0.2, 0) is 0 Å². The summed E-state index contributed by atoms with van der Waals surface area (Å²) in [5, 5.41) is 11.6. The minimum atomic E-state index is 0.405. The summed E-state index contributed by atoms with van der Waals surface area (Å²) >= 11 is 0. The zero-order chi connectivity index (χ0) is 15.6. The van der Waals surface area contributed by atoms with Gasteiger partial charge in [0.1, 0.15) is 19.0 Å². The first kappa shape index (κ1) is 15.7. The van der Waals surface area contributed by atoms with Crippen molar-refractivity contribution in [1.29, 1.82) is 0 Å². The molecule has 2 aromatic rings. The monoisotopic (exact) mass is 301 g/mol. The fraction of sp³-hybridized carbons (Fsp3) is 0.235. The minimum Gasteiger partial charge on any atom is -0.490 e. The van der Waals surface area contributed by atoms with Crippen molar-refractivity contribution in [3.8, 4) is 17.2 Å². The molecule has 5 heteroatoms. The van der Waals surface area contributed by atoms with Gasteiger partial charge in [-0.3, -0.25) is 0 Å². The third-order valence-corrected chi connectivity index (χ3v) is 2.83. The highest BCUT2D eigenvalue weighted by Crippen LogP contribution is 2.28. The first-order valence-electron chi connectivity index (χ1n) is 7.08. The van der Waals surface area contributed by atoms with Gasteiger partial charge in [-0.05, 0) is 37.3 Å². The summed E-state index contributed by atoms with van der Waals surface area (Å²) < 4.78 is 16.8. The van der Waals surface area contributed by atoms with E-state index in [1.165, 1.54) is 6.21 Å². The lowest BCUT2D eigenvalue weighted by Gasteiger charge is -2.13. The Labute approximate surface area is 129 Å². The van der Waals surface area contributed by atoms with Crippen LogP contribution in [0.1, 0.15) is 12.5 Å². The lowest BCUT2D eigenvalue weighted by atomic mass is 10.2. The molecule has 0 aliphatic heterocycles. The maximum atomic E-state index is 8.57. The Morgan fingerprint density at radius 2 is 1.73 bits per heavy atom. The fourth-order valence-corrected chi connectivity index (χ4v) is 1.89. The molecule has 1 N–H and O–H groups in total. The van der Waals surface area contributed by atoms with E-state index in [0.29, 0.717) is 31.3 Å². The summed E-state index contributed by atoms with van der Waals surface area (Å²) in [6, 6.07) is 14.9. The molecule has 0 fully saturated rings. The highest BCUT2D eigenvalue weighted by Gasteiger charge is 2.06. The van der Waals surface area contributed by atoms with Crippen molar-refractivity contribution in [2.75, 3.05) is 19.8 Å². The van der Waals surface area contributed by atoms with Gasteiger partial charge in [-0.1, -0.05) is 23.4 Å². The first-order chi connectivity index (χ1) is 10.8. The first-order valence-corrected chi connectivity index (χ1v) is 7.08. The average Bonchev–Trinajstić information content (AvgIpc) is 2.55. The van der Waals surface area contributed by atoms with Crippen LogP contribution < -0.4 is 14.2 Å². The normalized spacial score (nSPS) is 10.6. The zero-order valence-electron chi connectivity index (χ0n) is 12.4. The Kier molecular flexibility index (Phi) is 6.11. The van der Waals surface area contributed by atoms with Gasteiger partial charge in [0.05, 0.1) is 12.8 Å². The Hall–Kier alpha value is -2.69. The molecule has 0 aliphatic rings. The van der Waals surface area contributed by atoms with Crippen LogP contribution in [0.2, 0.25) is 0 Å². The maximum Gasteiger partial charge on any atom is 0.161 e. The minimum absolute atomic E-state index is 0.405. The molecule has 0 aromatic heterocycles. The molecule has 0 atom stereocenters. The molecule has 0 amide bonds. The Morgan fingerprint density at radius 3 is 2.45 bits per heavy atom. The van der Waals surface area contributed by atoms with Crippen LogP contribution in [0.4, 0.5) is 0 Å². The van der Waals surface area contributed by atoms with Gasteiger partial charge in [0.2, 0.25) is 0 Å². The van der Waals surface area contributed by atoms with Gasteiger partial charge in [0.25, 0.3) is 0 Å². The second kappa shape index (κ2) is 8.56. The van der Waals surface area contributed by atoms with Crippen LogP contribution in [0.25, 0.3) is 0 Å². The molecule has 0 unspecified atom stereocenters. The number of hydrogen-bond donors (Lipinski definition) is 1. The lowest BCUT2D eigenvalue weighted by molar-refractivity contribution is 0.208. The summed E-state index contributed by atoms with van der Waals surface area (Å²) in [4.78, 5) is 0. The molecule has 22 heavy (non-hydrogen) atoms. The highest BCUT2D eigenvalue weighted by molar-refractivity contribution is 5.80. The van der Waals surface area contributed by atoms with E-state index in [4.69, 9.17) is 19.4 Å². The summed E-state index contributed by atoms with van der Waals surface area (Å²) in [5.74, 6) is 2.05. The second-order valence-corrected chi connectivity index (χ2v) is 4.39. The van der Waals surface area contributed by atoms with Crippen LogP contribution in [0, 0.1) is 0 Å². The topological polar surface area (TPSA) is 60.3 Å². The van der Waals surface area contributed by atoms with E-state index in [1.54, 1.807) is 18.2 Å². The highest BCUT2D eigenvalue weighted by atomic mass is 16.5. The Morgan fingerprint density at radius 1 is 0.955 bits per heavy atom. The van der Waals surface area contributed by atoms with Gasteiger partial charge >= 0.3 is 0 Å². The van der Waals surface area contributed by atoms with Gasteiger partial charge < -0.3 is 19.4 Å². The van der Waals surface area contributed by atoms with Crippen LogP contribution in [0.5, 0.6) is 17.2 Å². The van der Waals surface area contributed by atoms with E-state index in [9.17, 15) is 0 Å². The molecule has 2 aromatic carbocycles. The molecule has 0 spiro atoms. The summed E-state index contributed by atoms with van der Waals surface area (Å²) in [6.07, 6.45) is 1.34. The Balaban J connectivity index is 1.91. The molecule has 0 bridgehead atoms. The third kappa shape index (κ3) is 4.70. The van der Waals surface area contributed by atoms with Crippen molar-refractivity contribution in [3.05, 3.63) is 54.1 Å². The quantitative estimate of drug-likeness (QED) is 0.351. The number of para-hydroxylation sites is 1. The number of hydrogen-bond acceptors (Lipinski definition) is 5. The van der Waals surface area contributed by atoms with Gasteiger partial charge in [-0.25, -0.2) is 0 Å². The molecule has 2 rings (SSSR count). The molecular formula is C17H19NO4. The van der Waals surface area contributed by atoms with Crippen LogP contribution in [-0.4, -0.2) is 31.2 Å². The molecule has 0 aliphatic carbocycles. The Bertz CT molecular complexity index is 599. The van der Waals surface area contributed by atoms with Gasteiger partial charge in [-0.2, -0.15) is 0 Å². The van der Waals surface area contributed by atoms with Crippen molar-refractivity contribution < 1.29 is 19.4 Å². The standard InChI is InChI=1S/C17H19NO4/c1-2-20-17-12-14(13-18-19)8-9-16(17)22-11-10-21-15-6-4-3-5-7-15/h3-9,12-13,19H,2,10-11H2,1H3. The molecule has 0 saturated heterocycles. The van der Waals surface area contributed by atoms with Crippen molar-refractivity contribution in [2.24, 2.45) is 5.16 Å². The maximum absolute atomic E-state index is 8.57. The van der Waals surface area contributed by atoms with Crippen molar-refractivity contribution >= 4 is 6.21 Å². The molecular weight excluding hydrogens is 282 g/mol. The van der Waals surface area contributed by atoms with Crippen molar-refractivity contribution in [3.63, 3.8) is 0 Å². The van der Waals surface area contributed by atoms with E-state index in [-0.39, 0.29) is 0 Å². The van der Waals surface area contributed by atoms with E-state index < -0.39 is 0 Å². The second-order valence-electron chi connectivity index (χ2n) is 4.39. The number of oxime groups is 1. The smallest absolute Gasteiger partial charge is 0.161 e.